The van der Waals surface area contributed by atoms with Crippen molar-refractivity contribution < 1.29 is 4.79 Å². The third kappa shape index (κ3) is 1.88. The zero-order valence-corrected chi connectivity index (χ0v) is 9.89. The largest absolute Gasteiger partial charge is 0.345 e. The number of nitrogens with zero attached hydrogens (tertiary/aromatic N) is 1. The second kappa shape index (κ2) is 3.66. The Hall–Kier alpha value is -1.35. The molecule has 0 atom stereocenters. The number of aryl methyl sites for hydroxylation is 1. The van der Waals surface area contributed by atoms with E-state index in [0.717, 1.165) is 10.9 Å². The smallest absolute Gasteiger partial charge is 0.253 e. The lowest BCUT2D eigenvalue weighted by atomic mass is 10.1. The Morgan fingerprint density at radius 3 is 2.67 bits per heavy atom. The van der Waals surface area contributed by atoms with Gasteiger partial charge in [0.2, 0.25) is 0 Å². The molecule has 1 aromatic carbocycles. The van der Waals surface area contributed by atoms with Crippen molar-refractivity contribution in [3.05, 3.63) is 34.7 Å². The van der Waals surface area contributed by atoms with E-state index < -0.39 is 0 Å². The number of thiophene rings is 1. The fourth-order valence-corrected chi connectivity index (χ4v) is 2.47. The van der Waals surface area contributed by atoms with Gasteiger partial charge in [0, 0.05) is 29.2 Å². The lowest BCUT2D eigenvalue weighted by molar-refractivity contribution is 0.0828. The highest BCUT2D eigenvalue weighted by atomic mass is 32.1. The predicted molar refractivity (Wildman–Crippen MR) is 64.6 cm³/mol. The molecule has 0 saturated carbocycles. The zero-order valence-electron chi connectivity index (χ0n) is 9.07. The van der Waals surface area contributed by atoms with Crippen LogP contribution in [-0.2, 0) is 0 Å². The maximum absolute atomic E-state index is 11.7. The highest BCUT2D eigenvalue weighted by Crippen LogP contribution is 2.25. The summed E-state index contributed by atoms with van der Waals surface area (Å²) in [5.41, 5.74) is 0.755. The predicted octanol–water partition coefficient (Wildman–Crippen LogP) is 2.91. The second-order valence-corrected chi connectivity index (χ2v) is 5.10. The molecule has 0 N–H and O–H groups in total. The van der Waals surface area contributed by atoms with E-state index in [9.17, 15) is 4.79 Å². The number of rotatable bonds is 1. The molecule has 1 amide bonds. The third-order valence-electron chi connectivity index (χ3n) is 2.29. The maximum Gasteiger partial charge on any atom is 0.253 e. The van der Waals surface area contributed by atoms with Crippen LogP contribution in [0.3, 0.4) is 0 Å². The highest BCUT2D eigenvalue weighted by Gasteiger charge is 2.08. The minimum Gasteiger partial charge on any atom is -0.345 e. The fourth-order valence-electron chi connectivity index (χ4n) is 1.57. The van der Waals surface area contributed by atoms with E-state index in [1.165, 1.54) is 9.58 Å². The normalized spacial score (nSPS) is 10.6. The van der Waals surface area contributed by atoms with Gasteiger partial charge < -0.3 is 4.90 Å². The van der Waals surface area contributed by atoms with Gasteiger partial charge in [-0.15, -0.1) is 11.3 Å². The van der Waals surface area contributed by atoms with Crippen molar-refractivity contribution in [2.75, 3.05) is 14.1 Å². The SMILES string of the molecule is Cc1cc2cc(C(=O)N(C)C)ccc2s1. The van der Waals surface area contributed by atoms with Crippen LogP contribution < -0.4 is 0 Å². The van der Waals surface area contributed by atoms with Gasteiger partial charge in [-0.1, -0.05) is 0 Å². The lowest BCUT2D eigenvalue weighted by Crippen LogP contribution is -2.21. The van der Waals surface area contributed by atoms with Gasteiger partial charge in [-0.05, 0) is 36.6 Å². The molecule has 0 aliphatic rings. The number of hydrogen-bond donors (Lipinski definition) is 0. The van der Waals surface area contributed by atoms with Crippen LogP contribution in [-0.4, -0.2) is 24.9 Å². The molecule has 3 heteroatoms. The molecule has 1 heterocycles. The van der Waals surface area contributed by atoms with E-state index in [4.69, 9.17) is 0 Å². The van der Waals surface area contributed by atoms with E-state index in [1.807, 2.05) is 18.2 Å². The highest BCUT2D eigenvalue weighted by molar-refractivity contribution is 7.19. The molecule has 2 rings (SSSR count). The summed E-state index contributed by atoms with van der Waals surface area (Å²) in [6.07, 6.45) is 0. The number of benzene rings is 1. The molecule has 1 aromatic heterocycles. The molecule has 0 aliphatic carbocycles. The van der Waals surface area contributed by atoms with Crippen LogP contribution >= 0.6 is 11.3 Å². The van der Waals surface area contributed by atoms with Crippen LogP contribution in [0.4, 0.5) is 0 Å². The number of fused-ring (bicyclic) bond motifs is 1. The van der Waals surface area contributed by atoms with Crippen LogP contribution in [0.5, 0.6) is 0 Å². The molecular weight excluding hydrogens is 206 g/mol. The molecular formula is C12H13NOS. The average Bonchev–Trinajstić information content (AvgIpc) is 2.55. The summed E-state index contributed by atoms with van der Waals surface area (Å²) in [5.74, 6) is 0.0563. The van der Waals surface area contributed by atoms with E-state index in [2.05, 4.69) is 13.0 Å². The van der Waals surface area contributed by atoms with Gasteiger partial charge in [0.05, 0.1) is 0 Å². The fraction of sp³-hybridized carbons (Fsp3) is 0.250. The topological polar surface area (TPSA) is 20.3 Å². The van der Waals surface area contributed by atoms with Gasteiger partial charge in [0.1, 0.15) is 0 Å². The molecule has 2 aromatic rings. The number of carbonyl (C=O) groups is 1. The Kier molecular flexibility index (Phi) is 2.49. The van der Waals surface area contributed by atoms with Crippen LogP contribution in [0.15, 0.2) is 24.3 Å². The first-order valence-corrected chi connectivity index (χ1v) is 5.61. The Morgan fingerprint density at radius 2 is 2.00 bits per heavy atom. The van der Waals surface area contributed by atoms with E-state index in [0.29, 0.717) is 0 Å². The van der Waals surface area contributed by atoms with E-state index in [1.54, 1.807) is 30.3 Å². The minimum absolute atomic E-state index is 0.0563. The molecule has 0 aliphatic heterocycles. The van der Waals surface area contributed by atoms with Crippen molar-refractivity contribution in [2.45, 2.75) is 6.92 Å². The van der Waals surface area contributed by atoms with Crippen molar-refractivity contribution in [2.24, 2.45) is 0 Å². The standard InChI is InChI=1S/C12H13NOS/c1-8-6-10-7-9(12(14)13(2)3)4-5-11(10)15-8/h4-7H,1-3H3. The monoisotopic (exact) mass is 219 g/mol. The van der Waals surface area contributed by atoms with Crippen molar-refractivity contribution in [3.63, 3.8) is 0 Å². The summed E-state index contributed by atoms with van der Waals surface area (Å²) in [6, 6.07) is 7.98. The van der Waals surface area contributed by atoms with E-state index >= 15 is 0 Å². The summed E-state index contributed by atoms with van der Waals surface area (Å²) in [6.45, 7) is 2.08. The van der Waals surface area contributed by atoms with E-state index in [-0.39, 0.29) is 5.91 Å². The third-order valence-corrected chi connectivity index (χ3v) is 3.32. The molecule has 0 unspecified atom stereocenters. The molecule has 0 radical (unpaired) electrons. The number of amides is 1. The number of carbonyl (C=O) groups excluding carboxylic acids is 1. The second-order valence-electron chi connectivity index (χ2n) is 3.81. The van der Waals surface area contributed by atoms with Crippen molar-refractivity contribution >= 4 is 27.3 Å². The lowest BCUT2D eigenvalue weighted by Gasteiger charge is -2.09. The Balaban J connectivity index is 2.51. The summed E-state index contributed by atoms with van der Waals surface area (Å²) >= 11 is 1.76. The first-order valence-electron chi connectivity index (χ1n) is 4.80. The molecule has 0 bridgehead atoms. The minimum atomic E-state index is 0.0563. The summed E-state index contributed by atoms with van der Waals surface area (Å²) in [4.78, 5) is 14.6. The molecule has 0 saturated heterocycles. The summed E-state index contributed by atoms with van der Waals surface area (Å²) in [5, 5.41) is 1.16. The van der Waals surface area contributed by atoms with Crippen molar-refractivity contribution in [3.8, 4) is 0 Å². The molecule has 0 fully saturated rings. The van der Waals surface area contributed by atoms with Crippen molar-refractivity contribution in [1.82, 2.24) is 4.90 Å². The van der Waals surface area contributed by atoms with Gasteiger partial charge in [0.25, 0.3) is 5.91 Å². The number of hydrogen-bond acceptors (Lipinski definition) is 2. The molecule has 2 nitrogen and oxygen atoms in total. The summed E-state index contributed by atoms with van der Waals surface area (Å²) in [7, 11) is 3.54. The average molecular weight is 219 g/mol. The van der Waals surface area contributed by atoms with Gasteiger partial charge >= 0.3 is 0 Å². The first kappa shape index (κ1) is 10.2. The molecule has 78 valence electrons. The summed E-state index contributed by atoms with van der Waals surface area (Å²) < 4.78 is 1.24. The van der Waals surface area contributed by atoms with Crippen molar-refractivity contribution in [1.29, 1.82) is 0 Å². The van der Waals surface area contributed by atoms with Gasteiger partial charge in [-0.3, -0.25) is 4.79 Å². The molecule has 0 spiro atoms. The quantitative estimate of drug-likeness (QED) is 0.722. The first-order chi connectivity index (χ1) is 7.08. The Labute approximate surface area is 93.1 Å². The van der Waals surface area contributed by atoms with Gasteiger partial charge in [0.15, 0.2) is 0 Å². The maximum atomic E-state index is 11.7. The zero-order chi connectivity index (χ0) is 11.0. The Bertz CT molecular complexity index is 513. The van der Waals surface area contributed by atoms with Crippen LogP contribution in [0.25, 0.3) is 10.1 Å². The van der Waals surface area contributed by atoms with Crippen LogP contribution in [0, 0.1) is 6.92 Å². The van der Waals surface area contributed by atoms with Crippen LogP contribution in [0.1, 0.15) is 15.2 Å². The van der Waals surface area contributed by atoms with Gasteiger partial charge in [-0.2, -0.15) is 0 Å². The van der Waals surface area contributed by atoms with Gasteiger partial charge in [-0.25, -0.2) is 0 Å². The van der Waals surface area contributed by atoms with Crippen LogP contribution in [0.2, 0.25) is 0 Å². The molecule has 15 heavy (non-hydrogen) atoms. The Morgan fingerprint density at radius 1 is 1.27 bits per heavy atom.